The first kappa shape index (κ1) is 15.6. The number of carbonyl (C=O) groups excluding carboxylic acids is 1. The van der Waals surface area contributed by atoms with Crippen molar-refractivity contribution in [3.8, 4) is 0 Å². The van der Waals surface area contributed by atoms with Crippen LogP contribution in [0.1, 0.15) is 25.3 Å². The van der Waals surface area contributed by atoms with Crippen LogP contribution in [0.4, 0.5) is 0 Å². The van der Waals surface area contributed by atoms with Gasteiger partial charge < -0.3 is 4.74 Å². The van der Waals surface area contributed by atoms with Gasteiger partial charge in [-0.15, -0.1) is 0 Å². The lowest BCUT2D eigenvalue weighted by Crippen LogP contribution is -2.39. The van der Waals surface area contributed by atoms with Gasteiger partial charge in [0.15, 0.2) is 0 Å². The smallest absolute Gasteiger partial charge is 0.310 e. The van der Waals surface area contributed by atoms with Crippen LogP contribution in [-0.4, -0.2) is 30.6 Å². The molecule has 0 bridgehead atoms. The Hall–Kier alpha value is -0.770. The minimum Gasteiger partial charge on any atom is -0.466 e. The number of rotatable bonds is 4. The molecule has 1 aromatic rings. The quantitative estimate of drug-likeness (QED) is 0.792. The van der Waals surface area contributed by atoms with Gasteiger partial charge in [-0.2, -0.15) is 0 Å². The van der Waals surface area contributed by atoms with Crippen LogP contribution in [0.15, 0.2) is 18.2 Å². The Morgan fingerprint density at radius 2 is 2.25 bits per heavy atom. The Labute approximate surface area is 129 Å². The van der Waals surface area contributed by atoms with E-state index in [0.29, 0.717) is 16.7 Å². The Morgan fingerprint density at radius 3 is 3.00 bits per heavy atom. The third-order valence-electron chi connectivity index (χ3n) is 3.53. The van der Waals surface area contributed by atoms with Crippen molar-refractivity contribution in [2.24, 2.45) is 5.92 Å². The lowest BCUT2D eigenvalue weighted by atomic mass is 9.97. The SMILES string of the molecule is CCOC(=O)C1CCCN(Cc2cc(Cl)ccc2Cl)C1. The second kappa shape index (κ2) is 7.30. The van der Waals surface area contributed by atoms with E-state index < -0.39 is 0 Å². The molecule has 0 aliphatic carbocycles. The molecule has 5 heteroatoms. The fourth-order valence-corrected chi connectivity index (χ4v) is 2.93. The number of benzene rings is 1. The van der Waals surface area contributed by atoms with Crippen molar-refractivity contribution in [3.05, 3.63) is 33.8 Å². The number of carbonyl (C=O) groups is 1. The molecule has 0 radical (unpaired) electrons. The summed E-state index contributed by atoms with van der Waals surface area (Å²) in [6, 6.07) is 5.48. The molecule has 110 valence electrons. The van der Waals surface area contributed by atoms with E-state index in [4.69, 9.17) is 27.9 Å². The molecule has 0 aromatic heterocycles. The predicted molar refractivity (Wildman–Crippen MR) is 81.1 cm³/mol. The van der Waals surface area contributed by atoms with Crippen molar-refractivity contribution in [2.75, 3.05) is 19.7 Å². The van der Waals surface area contributed by atoms with Crippen molar-refractivity contribution < 1.29 is 9.53 Å². The van der Waals surface area contributed by atoms with E-state index in [1.165, 1.54) is 0 Å². The van der Waals surface area contributed by atoms with Gasteiger partial charge in [0, 0.05) is 23.1 Å². The van der Waals surface area contributed by atoms with Crippen LogP contribution in [-0.2, 0) is 16.1 Å². The summed E-state index contributed by atoms with van der Waals surface area (Å²) in [5, 5.41) is 1.40. The first-order valence-corrected chi connectivity index (χ1v) is 7.68. The maximum atomic E-state index is 11.8. The molecule has 1 fully saturated rings. The molecule has 0 amide bonds. The summed E-state index contributed by atoms with van der Waals surface area (Å²) in [4.78, 5) is 14.1. The monoisotopic (exact) mass is 315 g/mol. The van der Waals surface area contributed by atoms with Crippen molar-refractivity contribution >= 4 is 29.2 Å². The molecular weight excluding hydrogens is 297 g/mol. The molecule has 0 N–H and O–H groups in total. The summed E-state index contributed by atoms with van der Waals surface area (Å²) < 4.78 is 5.11. The molecule has 0 spiro atoms. The van der Waals surface area contributed by atoms with E-state index in [0.717, 1.165) is 38.0 Å². The van der Waals surface area contributed by atoms with Crippen LogP contribution >= 0.6 is 23.2 Å². The van der Waals surface area contributed by atoms with Gasteiger partial charge in [0.05, 0.1) is 12.5 Å². The van der Waals surface area contributed by atoms with Gasteiger partial charge in [0.1, 0.15) is 0 Å². The summed E-state index contributed by atoms with van der Waals surface area (Å²) in [7, 11) is 0. The Morgan fingerprint density at radius 1 is 1.45 bits per heavy atom. The highest BCUT2D eigenvalue weighted by Crippen LogP contribution is 2.25. The van der Waals surface area contributed by atoms with Crippen molar-refractivity contribution in [3.63, 3.8) is 0 Å². The lowest BCUT2D eigenvalue weighted by Gasteiger charge is -2.31. The molecule has 2 rings (SSSR count). The van der Waals surface area contributed by atoms with E-state index >= 15 is 0 Å². The summed E-state index contributed by atoms with van der Waals surface area (Å²) >= 11 is 12.2. The van der Waals surface area contributed by atoms with Crippen molar-refractivity contribution in [1.29, 1.82) is 0 Å². The summed E-state index contributed by atoms with van der Waals surface area (Å²) in [6.45, 7) is 4.69. The third-order valence-corrected chi connectivity index (χ3v) is 4.13. The molecule has 1 aliphatic rings. The van der Waals surface area contributed by atoms with Crippen LogP contribution in [0.3, 0.4) is 0 Å². The van der Waals surface area contributed by atoms with Crippen LogP contribution < -0.4 is 0 Å². The Balaban J connectivity index is 1.99. The first-order valence-electron chi connectivity index (χ1n) is 6.93. The van der Waals surface area contributed by atoms with Gasteiger partial charge in [-0.25, -0.2) is 0 Å². The number of halogens is 2. The molecule has 1 atom stereocenters. The van der Waals surface area contributed by atoms with Crippen LogP contribution in [0.2, 0.25) is 10.0 Å². The summed E-state index contributed by atoms with van der Waals surface area (Å²) in [6.07, 6.45) is 1.90. The Bertz CT molecular complexity index is 479. The number of hydrogen-bond acceptors (Lipinski definition) is 3. The molecule has 1 aliphatic heterocycles. The van der Waals surface area contributed by atoms with Gasteiger partial charge in [-0.3, -0.25) is 9.69 Å². The zero-order chi connectivity index (χ0) is 14.5. The standard InChI is InChI=1S/C15H19Cl2NO2/c1-2-20-15(19)11-4-3-7-18(9-11)10-12-8-13(16)5-6-14(12)17/h5-6,8,11H,2-4,7,9-10H2,1H3. The zero-order valence-electron chi connectivity index (χ0n) is 11.6. The summed E-state index contributed by atoms with van der Waals surface area (Å²) in [5.74, 6) is -0.115. The highest BCUT2D eigenvalue weighted by Gasteiger charge is 2.27. The molecule has 1 saturated heterocycles. The first-order chi connectivity index (χ1) is 9.60. The number of likely N-dealkylation sites (tertiary alicyclic amines) is 1. The highest BCUT2D eigenvalue weighted by atomic mass is 35.5. The molecular formula is C15H19Cl2NO2. The van der Waals surface area contributed by atoms with Crippen molar-refractivity contribution in [2.45, 2.75) is 26.3 Å². The van der Waals surface area contributed by atoms with E-state index in [-0.39, 0.29) is 11.9 Å². The van der Waals surface area contributed by atoms with E-state index in [9.17, 15) is 4.79 Å². The molecule has 0 saturated carbocycles. The molecule has 1 unspecified atom stereocenters. The fourth-order valence-electron chi connectivity index (χ4n) is 2.56. The summed E-state index contributed by atoms with van der Waals surface area (Å²) in [5.41, 5.74) is 1.00. The molecule has 1 aromatic carbocycles. The van der Waals surface area contributed by atoms with Crippen LogP contribution in [0.25, 0.3) is 0 Å². The van der Waals surface area contributed by atoms with Gasteiger partial charge in [-0.1, -0.05) is 23.2 Å². The normalized spacial score (nSPS) is 19.9. The minimum absolute atomic E-state index is 0.0262. The largest absolute Gasteiger partial charge is 0.466 e. The topological polar surface area (TPSA) is 29.5 Å². The minimum atomic E-state index is -0.0885. The van der Waals surface area contributed by atoms with E-state index in [2.05, 4.69) is 4.90 Å². The third kappa shape index (κ3) is 4.11. The number of esters is 1. The van der Waals surface area contributed by atoms with Gasteiger partial charge in [-0.05, 0) is 50.1 Å². The number of nitrogens with zero attached hydrogens (tertiary/aromatic N) is 1. The van der Waals surface area contributed by atoms with Gasteiger partial charge in [0.25, 0.3) is 0 Å². The van der Waals surface area contributed by atoms with Crippen LogP contribution in [0.5, 0.6) is 0 Å². The number of piperidine rings is 1. The molecule has 20 heavy (non-hydrogen) atoms. The highest BCUT2D eigenvalue weighted by molar-refractivity contribution is 6.33. The average molecular weight is 316 g/mol. The number of hydrogen-bond donors (Lipinski definition) is 0. The second-order valence-electron chi connectivity index (χ2n) is 5.06. The maximum Gasteiger partial charge on any atom is 0.310 e. The second-order valence-corrected chi connectivity index (χ2v) is 5.91. The van der Waals surface area contributed by atoms with E-state index in [1.54, 1.807) is 6.07 Å². The van der Waals surface area contributed by atoms with Gasteiger partial charge >= 0.3 is 5.97 Å². The predicted octanol–water partition coefficient (Wildman–Crippen LogP) is 3.77. The fraction of sp³-hybridized carbons (Fsp3) is 0.533. The maximum absolute atomic E-state index is 11.8. The lowest BCUT2D eigenvalue weighted by molar-refractivity contribution is -0.150. The Kier molecular flexibility index (Phi) is 5.70. The zero-order valence-corrected chi connectivity index (χ0v) is 13.1. The molecule has 3 nitrogen and oxygen atoms in total. The van der Waals surface area contributed by atoms with Crippen molar-refractivity contribution in [1.82, 2.24) is 4.90 Å². The van der Waals surface area contributed by atoms with E-state index in [1.807, 2.05) is 19.1 Å². The number of ether oxygens (including phenoxy) is 1. The average Bonchev–Trinajstić information content (AvgIpc) is 2.43. The van der Waals surface area contributed by atoms with Crippen LogP contribution in [0, 0.1) is 5.92 Å². The molecule has 1 heterocycles. The van der Waals surface area contributed by atoms with Gasteiger partial charge in [0.2, 0.25) is 0 Å².